The standard InChI is InChI=1S/C14H12ClF2N3S.C6H11N.2C2H6/c1-8-7-20(14(16)17)13-10(5-11(15)19-12(8)13)18-6-9-3-2-4-21-9;7-6-4-2-1-3-5-6;2*1-2/h2-5,7,14H,6H2,1H3,(H,18,19);1-2,6H,3-5,7H2;2*1-2H3. The molecule has 3 aromatic heterocycles. The number of hydrogen-bond acceptors (Lipinski definition) is 4. The molecule has 4 nitrogen and oxygen atoms in total. The summed E-state index contributed by atoms with van der Waals surface area (Å²) in [6.45, 7) is 7.68. The summed E-state index contributed by atoms with van der Waals surface area (Å²) in [6, 6.07) is 5.96. The van der Waals surface area contributed by atoms with Crippen molar-refractivity contribution in [3.05, 3.63) is 57.5 Å². The Bertz CT molecular complexity index is 939. The molecule has 1 unspecified atom stereocenters. The number of alkyl halides is 2. The minimum Gasteiger partial charge on any atom is -0.378 e. The van der Waals surface area contributed by atoms with Crippen molar-refractivity contribution in [2.24, 2.45) is 5.73 Å². The summed E-state index contributed by atoms with van der Waals surface area (Å²) in [4.78, 5) is 5.27. The smallest absolute Gasteiger partial charge is 0.319 e. The lowest BCUT2D eigenvalue weighted by atomic mass is 10.0. The Labute approximate surface area is 199 Å². The number of allylic oxidation sites excluding steroid dienone is 1. The van der Waals surface area contributed by atoms with Crippen LogP contribution in [0.2, 0.25) is 5.15 Å². The van der Waals surface area contributed by atoms with E-state index in [0.717, 1.165) is 15.9 Å². The van der Waals surface area contributed by atoms with Crippen molar-refractivity contribution in [1.29, 1.82) is 0 Å². The summed E-state index contributed by atoms with van der Waals surface area (Å²) in [5.41, 5.74) is 7.69. The van der Waals surface area contributed by atoms with E-state index in [4.69, 9.17) is 17.3 Å². The highest BCUT2D eigenvalue weighted by Crippen LogP contribution is 2.32. The van der Waals surface area contributed by atoms with Gasteiger partial charge >= 0.3 is 6.55 Å². The monoisotopic (exact) mass is 484 g/mol. The molecular weight excluding hydrogens is 450 g/mol. The van der Waals surface area contributed by atoms with Gasteiger partial charge in [0, 0.05) is 29.7 Å². The maximum atomic E-state index is 13.2. The fraction of sp³-hybridized carbons (Fsp3) is 0.458. The van der Waals surface area contributed by atoms with Gasteiger partial charge in [-0.3, -0.25) is 4.57 Å². The van der Waals surface area contributed by atoms with Gasteiger partial charge in [-0.05, 0) is 43.2 Å². The normalized spacial score (nSPS) is 14.6. The first-order valence-corrected chi connectivity index (χ1v) is 12.3. The molecule has 1 aliphatic rings. The fourth-order valence-corrected chi connectivity index (χ4v) is 3.92. The molecule has 1 atom stereocenters. The molecule has 0 radical (unpaired) electrons. The Morgan fingerprint density at radius 3 is 2.50 bits per heavy atom. The Morgan fingerprint density at radius 1 is 1.28 bits per heavy atom. The molecule has 32 heavy (non-hydrogen) atoms. The van der Waals surface area contributed by atoms with Crippen LogP contribution in [0.5, 0.6) is 0 Å². The molecule has 3 aromatic rings. The van der Waals surface area contributed by atoms with E-state index in [0.29, 0.717) is 34.9 Å². The van der Waals surface area contributed by atoms with Gasteiger partial charge in [-0.1, -0.05) is 57.5 Å². The van der Waals surface area contributed by atoms with Crippen LogP contribution in [0, 0.1) is 6.92 Å². The van der Waals surface area contributed by atoms with E-state index in [-0.39, 0.29) is 5.15 Å². The number of rotatable bonds is 4. The van der Waals surface area contributed by atoms with Crippen molar-refractivity contribution in [2.75, 3.05) is 5.32 Å². The molecule has 0 aliphatic heterocycles. The molecule has 0 saturated heterocycles. The second kappa shape index (κ2) is 15.0. The number of nitrogens with two attached hydrogens (primary N) is 1. The van der Waals surface area contributed by atoms with Crippen molar-refractivity contribution >= 4 is 39.7 Å². The van der Waals surface area contributed by atoms with Crippen LogP contribution in [0.1, 0.15) is 63.9 Å². The summed E-state index contributed by atoms with van der Waals surface area (Å²) in [5.74, 6) is 0. The zero-order valence-electron chi connectivity index (χ0n) is 19.5. The third-order valence-electron chi connectivity index (χ3n) is 4.48. The van der Waals surface area contributed by atoms with Gasteiger partial charge in [0.2, 0.25) is 0 Å². The minimum absolute atomic E-state index is 0.284. The van der Waals surface area contributed by atoms with Crippen molar-refractivity contribution in [2.45, 2.75) is 73.0 Å². The van der Waals surface area contributed by atoms with Gasteiger partial charge in [-0.2, -0.15) is 8.78 Å². The second-order valence-electron chi connectivity index (χ2n) is 6.66. The van der Waals surface area contributed by atoms with E-state index in [1.54, 1.807) is 24.3 Å². The zero-order chi connectivity index (χ0) is 24.1. The van der Waals surface area contributed by atoms with E-state index in [1.165, 1.54) is 19.0 Å². The SMILES string of the molecule is CC.CC.Cc1cn(C(F)F)c2c(NCc3cccs3)cc(Cl)nc12.NC1CC=CCC1. The molecule has 4 rings (SSSR count). The molecule has 8 heteroatoms. The summed E-state index contributed by atoms with van der Waals surface area (Å²) in [7, 11) is 0. The Hall–Kier alpha value is -1.96. The molecule has 1 aliphatic carbocycles. The first-order valence-electron chi connectivity index (χ1n) is 11.1. The van der Waals surface area contributed by atoms with Crippen LogP contribution in [0.3, 0.4) is 0 Å². The molecular formula is C24H35ClF2N4S. The van der Waals surface area contributed by atoms with Crippen molar-refractivity contribution in [1.82, 2.24) is 9.55 Å². The van der Waals surface area contributed by atoms with Gasteiger partial charge in [0.1, 0.15) is 5.15 Å². The Balaban J connectivity index is 0.000000390. The Morgan fingerprint density at radius 2 is 2.00 bits per heavy atom. The van der Waals surface area contributed by atoms with E-state index < -0.39 is 6.55 Å². The molecule has 3 N–H and O–H groups in total. The molecule has 0 spiro atoms. The summed E-state index contributed by atoms with van der Waals surface area (Å²) >= 11 is 7.60. The number of pyridine rings is 1. The van der Waals surface area contributed by atoms with Gasteiger partial charge < -0.3 is 11.1 Å². The fourth-order valence-electron chi connectivity index (χ4n) is 3.08. The van der Waals surface area contributed by atoms with Crippen LogP contribution in [0.15, 0.2) is 41.9 Å². The van der Waals surface area contributed by atoms with Crippen LogP contribution in [-0.2, 0) is 6.54 Å². The number of hydrogen-bond donors (Lipinski definition) is 2. The number of fused-ring (bicyclic) bond motifs is 1. The van der Waals surface area contributed by atoms with Crippen LogP contribution in [0.4, 0.5) is 14.5 Å². The Kier molecular flexibility index (Phi) is 13.1. The number of anilines is 1. The van der Waals surface area contributed by atoms with Gasteiger partial charge in [-0.15, -0.1) is 11.3 Å². The summed E-state index contributed by atoms with van der Waals surface area (Å²) in [6.07, 6.45) is 9.20. The number of nitrogens with zero attached hydrogens (tertiary/aromatic N) is 2. The molecule has 3 heterocycles. The van der Waals surface area contributed by atoms with Gasteiger partial charge in [0.15, 0.2) is 0 Å². The van der Waals surface area contributed by atoms with Gasteiger partial charge in [0.05, 0.1) is 16.7 Å². The number of thiophene rings is 1. The highest BCUT2D eigenvalue weighted by Gasteiger charge is 2.18. The lowest BCUT2D eigenvalue weighted by Gasteiger charge is -2.11. The highest BCUT2D eigenvalue weighted by atomic mass is 35.5. The van der Waals surface area contributed by atoms with E-state index >= 15 is 0 Å². The second-order valence-corrected chi connectivity index (χ2v) is 8.08. The van der Waals surface area contributed by atoms with Gasteiger partial charge in [0.25, 0.3) is 0 Å². The quantitative estimate of drug-likeness (QED) is 0.290. The topological polar surface area (TPSA) is 55.9 Å². The number of aromatic nitrogens is 2. The average molecular weight is 485 g/mol. The predicted octanol–water partition coefficient (Wildman–Crippen LogP) is 8.17. The van der Waals surface area contributed by atoms with Crippen molar-refractivity contribution < 1.29 is 8.78 Å². The molecule has 0 saturated carbocycles. The largest absolute Gasteiger partial charge is 0.378 e. The van der Waals surface area contributed by atoms with Crippen LogP contribution < -0.4 is 11.1 Å². The van der Waals surface area contributed by atoms with Crippen molar-refractivity contribution in [3.63, 3.8) is 0 Å². The molecule has 0 amide bonds. The lowest BCUT2D eigenvalue weighted by Crippen LogP contribution is -2.19. The first kappa shape index (κ1) is 28.1. The number of halogens is 3. The minimum atomic E-state index is -2.62. The third-order valence-corrected chi connectivity index (χ3v) is 5.55. The molecule has 0 aromatic carbocycles. The average Bonchev–Trinajstić information content (AvgIpc) is 3.44. The van der Waals surface area contributed by atoms with E-state index in [2.05, 4.69) is 22.5 Å². The molecule has 178 valence electrons. The van der Waals surface area contributed by atoms with Crippen molar-refractivity contribution in [3.8, 4) is 0 Å². The number of nitrogens with one attached hydrogen (secondary N) is 1. The highest BCUT2D eigenvalue weighted by molar-refractivity contribution is 7.09. The number of aryl methyl sites for hydroxylation is 1. The lowest BCUT2D eigenvalue weighted by molar-refractivity contribution is 0.0752. The summed E-state index contributed by atoms with van der Waals surface area (Å²) in [5, 5.41) is 5.43. The van der Waals surface area contributed by atoms with Crippen LogP contribution in [0.25, 0.3) is 11.0 Å². The van der Waals surface area contributed by atoms with E-state index in [1.807, 2.05) is 45.2 Å². The molecule has 0 fully saturated rings. The van der Waals surface area contributed by atoms with Gasteiger partial charge in [-0.25, -0.2) is 4.98 Å². The summed E-state index contributed by atoms with van der Waals surface area (Å²) < 4.78 is 27.3. The maximum Gasteiger partial charge on any atom is 0.319 e. The van der Waals surface area contributed by atoms with Crippen LogP contribution >= 0.6 is 22.9 Å². The van der Waals surface area contributed by atoms with E-state index in [9.17, 15) is 8.78 Å². The maximum absolute atomic E-state index is 13.2. The predicted molar refractivity (Wildman–Crippen MR) is 136 cm³/mol. The zero-order valence-corrected chi connectivity index (χ0v) is 21.1. The van der Waals surface area contributed by atoms with Crippen LogP contribution in [-0.4, -0.2) is 15.6 Å². The third kappa shape index (κ3) is 8.19. The first-order chi connectivity index (χ1) is 15.5. The molecule has 0 bridgehead atoms.